The molecule has 35 nitrogen and oxygen atoms in total. The van der Waals surface area contributed by atoms with Gasteiger partial charge in [0.1, 0.15) is 40.0 Å². The molecular weight excluding hydrogens is 1610 g/mol. The van der Waals surface area contributed by atoms with E-state index in [-0.39, 0.29) is 91.2 Å². The number of nitrogens with zero attached hydrogens (tertiary/aromatic N) is 10. The van der Waals surface area contributed by atoms with E-state index in [0.717, 1.165) is 127 Å². The summed E-state index contributed by atoms with van der Waals surface area (Å²) < 4.78 is 28.7. The maximum absolute atomic E-state index is 12.4. The number of aryl methyl sites for hydroxylation is 3. The van der Waals surface area contributed by atoms with Crippen molar-refractivity contribution >= 4 is 156 Å². The number of nitrogens with two attached hydrogens (primary N) is 10. The van der Waals surface area contributed by atoms with Gasteiger partial charge in [-0.3, -0.25) is 56.0 Å². The van der Waals surface area contributed by atoms with Crippen molar-refractivity contribution in [2.24, 2.45) is 48.6 Å². The second-order valence-corrected chi connectivity index (χ2v) is 30.4. The fourth-order valence-electron chi connectivity index (χ4n) is 11.7. The Morgan fingerprint density at radius 3 is 1.17 bits per heavy atom. The molecule has 0 saturated heterocycles. The number of fused-ring (bicyclic) bond motifs is 3. The van der Waals surface area contributed by atoms with Crippen LogP contribution in [0.5, 0.6) is 17.2 Å². The summed E-state index contributed by atoms with van der Waals surface area (Å²) in [6.45, 7) is 14.0. The number of anilines is 5. The van der Waals surface area contributed by atoms with Gasteiger partial charge in [0.15, 0.2) is 73.8 Å². The van der Waals surface area contributed by atoms with E-state index in [4.69, 9.17) is 121 Å². The molecule has 6 aromatic carbocycles. The number of hydrogen-bond donors (Lipinski definition) is 15. The number of ether oxygens (including phenoxy) is 5. The van der Waals surface area contributed by atoms with Crippen molar-refractivity contribution in [1.82, 2.24) is 51.2 Å². The zero-order valence-corrected chi connectivity index (χ0v) is 71.0. The maximum Gasteiger partial charge on any atom is 0.435 e. The lowest BCUT2D eigenvalue weighted by Crippen LogP contribution is -2.38. The number of amides is 5. The Hall–Kier alpha value is -12.7. The van der Waals surface area contributed by atoms with Gasteiger partial charge in [0, 0.05) is 48.6 Å². The third kappa shape index (κ3) is 32.5. The first kappa shape index (κ1) is 95.4. The van der Waals surface area contributed by atoms with Gasteiger partial charge < -0.3 is 81.0 Å². The number of carbonyl (C=O) groups excluding carboxylic acids is 5. The summed E-state index contributed by atoms with van der Waals surface area (Å²) >= 11 is 17.4. The summed E-state index contributed by atoms with van der Waals surface area (Å²) in [5, 5.41) is 23.5. The predicted molar refractivity (Wildman–Crippen MR) is 479 cm³/mol. The summed E-state index contributed by atoms with van der Waals surface area (Å²) in [6.07, 6.45) is 11.8. The lowest BCUT2D eigenvalue weighted by atomic mass is 9.99. The van der Waals surface area contributed by atoms with Crippen LogP contribution in [0.3, 0.4) is 0 Å². The monoisotopic (exact) mass is 1720 g/mol. The molecule has 0 saturated carbocycles. The Kier molecular flexibility index (Phi) is 37.7. The molecule has 38 heteroatoms. The summed E-state index contributed by atoms with van der Waals surface area (Å²) in [6, 6.07) is 36.6. The molecule has 25 N–H and O–H groups in total. The van der Waals surface area contributed by atoms with Gasteiger partial charge in [0.25, 0.3) is 17.7 Å². The highest BCUT2D eigenvalue weighted by Gasteiger charge is 2.23. The fraction of sp³-hybridized carbons (Fsp3) is 0.373. The van der Waals surface area contributed by atoms with Crippen LogP contribution in [0.25, 0.3) is 32.3 Å². The quantitative estimate of drug-likeness (QED) is 0.0101. The molecule has 0 radical (unpaired) electrons. The number of alkyl carbamates (subject to hydrolysis) is 1. The van der Waals surface area contributed by atoms with Crippen LogP contribution in [0.15, 0.2) is 135 Å². The molecule has 0 bridgehead atoms. The molecule has 0 aliphatic rings. The minimum atomic E-state index is -0.792. The van der Waals surface area contributed by atoms with Crippen molar-refractivity contribution in [1.29, 1.82) is 5.41 Å². The van der Waals surface area contributed by atoms with Crippen molar-refractivity contribution in [3.05, 3.63) is 165 Å². The van der Waals surface area contributed by atoms with Crippen LogP contribution in [-0.2, 0) is 28.7 Å². The number of aromatic nitrogens is 6. The molecule has 646 valence electrons. The average molecular weight is 1720 g/mol. The largest absolute Gasteiger partial charge is 0.493 e. The molecule has 9 aromatic rings. The highest BCUT2D eigenvalue weighted by molar-refractivity contribution is 6.32. The van der Waals surface area contributed by atoms with Crippen LogP contribution >= 0.6 is 34.8 Å². The second kappa shape index (κ2) is 47.8. The van der Waals surface area contributed by atoms with E-state index in [2.05, 4.69) is 120 Å². The number of hydrogen-bond acceptors (Lipinski definition) is 26. The number of halogens is 3. The zero-order chi connectivity index (χ0) is 88.2. The SMILES string of the molecule is CC(C)(C)OC(=O)N=C(CCCCOc1ccc(CCCCN=C(N)NC(=O)c2nc(Cl)c(N)nc2N)c2ccccc12)NC(=O)OC(C)(C)C.N=C(N)CCCCOc1ccc(CCCCN=C(N)NC(=O)c2cnc(N)c(Cl)n2)c2ccccc12.NCCCOc1ccc(CCCCN=C(N)NC(=O)c2nc(Cl)c(N)nc2N)c2ccccc12. The summed E-state index contributed by atoms with van der Waals surface area (Å²) in [7, 11) is 0. The molecule has 5 amide bonds. The number of unbranched alkanes of at least 4 members (excludes halogenated alkanes) is 5. The van der Waals surface area contributed by atoms with Crippen LogP contribution in [0.1, 0.15) is 173 Å². The number of aliphatic imine (C=N–C) groups is 4. The van der Waals surface area contributed by atoms with Gasteiger partial charge in [-0.25, -0.2) is 39.5 Å². The third-order valence-corrected chi connectivity index (χ3v) is 18.2. The summed E-state index contributed by atoms with van der Waals surface area (Å²) in [4.78, 5) is 101. The molecule has 3 heterocycles. The van der Waals surface area contributed by atoms with Crippen molar-refractivity contribution in [3.63, 3.8) is 0 Å². The molecule has 0 spiro atoms. The van der Waals surface area contributed by atoms with E-state index in [1.807, 2.05) is 60.7 Å². The van der Waals surface area contributed by atoms with Crippen LogP contribution in [0, 0.1) is 5.41 Å². The Balaban J connectivity index is 0.000000257. The highest BCUT2D eigenvalue weighted by atomic mass is 35.5. The standard InChI is InChI=1S/C35H48ClN9O6.C25H31ClN8O2.C23H29ClN8O2/c1-34(2,3)50-32(47)41-25(42-33(48)51-35(4,5)6)16-10-12-20-49-24-18-17-21(22-14-7-8-15-23(22)24)13-9-11-19-40-31(39)45-30(46)26-28(37)44-29(38)27(36)43-26;26-22-23(29)32-15-19(33-22)24(35)34-25(30)31-13-5-3-7-16-11-12-20(18-9-2-1-8-17(16)18)36-14-6-4-10-21(27)28;24-19-21(27)31-20(26)18(30-19)22(33)32-23(28)29-12-4-3-6-14-9-10-17(34-13-5-11-25)16-8-2-1-7-15(14)16/h7-8,14-15,17-18H,9-13,16,19-20H2,1-6H3,(H4,37,38,44)(H3,39,40,45,46)(H,41,42,47,48);1-2,8-9,11-12,15H,3-7,10,13-14H2,(H3,27,28)(H2,29,32)(H3,30,31,34,35);1-2,7-10H,3-6,11-13,25H2,(H4,26,27,31)(H3,28,29,32,33). The topological polar surface area (TPSA) is 590 Å². The Bertz CT molecular complexity index is 5200. The molecule has 0 aliphatic heterocycles. The van der Waals surface area contributed by atoms with E-state index >= 15 is 0 Å². The van der Waals surface area contributed by atoms with Crippen molar-refractivity contribution in [2.45, 2.75) is 155 Å². The van der Waals surface area contributed by atoms with Gasteiger partial charge in [0.2, 0.25) is 0 Å². The number of benzene rings is 6. The van der Waals surface area contributed by atoms with Crippen molar-refractivity contribution in [3.8, 4) is 17.2 Å². The lowest BCUT2D eigenvalue weighted by molar-refractivity contribution is 0.0560. The molecule has 0 unspecified atom stereocenters. The Morgan fingerprint density at radius 1 is 0.421 bits per heavy atom. The van der Waals surface area contributed by atoms with Gasteiger partial charge in [-0.15, -0.1) is 0 Å². The van der Waals surface area contributed by atoms with E-state index in [9.17, 15) is 24.0 Å². The van der Waals surface area contributed by atoms with Crippen molar-refractivity contribution in [2.75, 3.05) is 74.7 Å². The van der Waals surface area contributed by atoms with Crippen LogP contribution in [0.2, 0.25) is 15.5 Å². The van der Waals surface area contributed by atoms with Gasteiger partial charge in [-0.2, -0.15) is 4.99 Å². The number of guanidine groups is 3. The Labute approximate surface area is 716 Å². The van der Waals surface area contributed by atoms with Gasteiger partial charge >= 0.3 is 12.2 Å². The normalized spacial score (nSPS) is 11.9. The first-order valence-electron chi connectivity index (χ1n) is 39.2. The highest BCUT2D eigenvalue weighted by Crippen LogP contribution is 2.33. The number of nitrogen functional groups attached to an aromatic ring is 5. The predicted octanol–water partition coefficient (Wildman–Crippen LogP) is 11.6. The van der Waals surface area contributed by atoms with Gasteiger partial charge in [-0.1, -0.05) is 126 Å². The first-order valence-corrected chi connectivity index (χ1v) is 40.3. The zero-order valence-electron chi connectivity index (χ0n) is 68.7. The number of carbonyl (C=O) groups is 5. The second-order valence-electron chi connectivity index (χ2n) is 29.3. The van der Waals surface area contributed by atoms with Gasteiger partial charge in [-0.05, 0) is 189 Å². The van der Waals surface area contributed by atoms with E-state index in [0.29, 0.717) is 71.7 Å². The van der Waals surface area contributed by atoms with Crippen LogP contribution in [-0.4, -0.2) is 147 Å². The minimum absolute atomic E-state index is 0.00251. The smallest absolute Gasteiger partial charge is 0.435 e. The van der Waals surface area contributed by atoms with E-state index in [1.54, 1.807) is 41.5 Å². The molecule has 0 fully saturated rings. The number of rotatable bonds is 34. The minimum Gasteiger partial charge on any atom is -0.493 e. The summed E-state index contributed by atoms with van der Waals surface area (Å²) in [5.41, 5.74) is 58.3. The van der Waals surface area contributed by atoms with E-state index < -0.39 is 41.1 Å². The van der Waals surface area contributed by atoms with Crippen LogP contribution in [0.4, 0.5) is 38.7 Å². The molecule has 3 aromatic heterocycles. The molecule has 0 atom stereocenters. The molecular formula is C83H108Cl3N25O10. The Morgan fingerprint density at radius 2 is 0.793 bits per heavy atom. The number of nitrogens with one attached hydrogen (secondary N) is 5. The van der Waals surface area contributed by atoms with Gasteiger partial charge in [0.05, 0.1) is 31.9 Å². The summed E-state index contributed by atoms with van der Waals surface area (Å²) in [5.74, 6) is 0.434. The lowest BCUT2D eigenvalue weighted by Gasteiger charge is -2.20. The molecule has 9 rings (SSSR count). The third-order valence-electron chi connectivity index (χ3n) is 17.3. The van der Waals surface area contributed by atoms with Crippen molar-refractivity contribution < 1.29 is 47.7 Å². The average Bonchev–Trinajstić information content (AvgIpc) is 0.809. The first-order chi connectivity index (χ1) is 57.7. The number of amidine groups is 2. The van der Waals surface area contributed by atoms with Crippen LogP contribution < -0.4 is 92.8 Å². The van der Waals surface area contributed by atoms with E-state index in [1.165, 1.54) is 22.7 Å². The maximum atomic E-state index is 12.4. The fourth-order valence-corrected chi connectivity index (χ4v) is 12.1. The molecule has 0 aliphatic carbocycles. The molecule has 121 heavy (non-hydrogen) atoms.